The van der Waals surface area contributed by atoms with E-state index in [0.29, 0.717) is 22.4 Å². The zero-order valence-electron chi connectivity index (χ0n) is 17.8. The van der Waals surface area contributed by atoms with E-state index in [9.17, 15) is 13.2 Å². The third-order valence-electron chi connectivity index (χ3n) is 5.03. The number of primary sulfonamides is 1. The predicted molar refractivity (Wildman–Crippen MR) is 122 cm³/mol. The number of carbonyl (C=O) groups is 1. The van der Waals surface area contributed by atoms with E-state index in [1.54, 1.807) is 53.6 Å². The van der Waals surface area contributed by atoms with Crippen molar-refractivity contribution in [3.63, 3.8) is 0 Å². The zero-order chi connectivity index (χ0) is 23.3. The SMILES string of the molecule is CN(C)C1CCN(C(=O)c2cnn(-c3ccc(Cl)cn3)c2)C1.NS(=O)(=O)c1ccccc1. The molecule has 1 unspecified atom stereocenters. The molecule has 2 N–H and O–H groups in total. The minimum atomic E-state index is -3.50. The van der Waals surface area contributed by atoms with E-state index < -0.39 is 10.0 Å². The Kier molecular flexibility index (Phi) is 7.62. The molecule has 1 aromatic carbocycles. The van der Waals surface area contributed by atoms with Crippen LogP contribution in [0.1, 0.15) is 16.8 Å². The van der Waals surface area contributed by atoms with Gasteiger partial charge in [-0.25, -0.2) is 23.2 Å². The number of likely N-dealkylation sites (tertiary alicyclic amines) is 1. The summed E-state index contributed by atoms with van der Waals surface area (Å²) < 4.78 is 22.8. The lowest BCUT2D eigenvalue weighted by atomic mass is 10.2. The van der Waals surface area contributed by atoms with Gasteiger partial charge in [-0.1, -0.05) is 29.8 Å². The van der Waals surface area contributed by atoms with Crippen LogP contribution in [0.3, 0.4) is 0 Å². The molecule has 0 saturated carbocycles. The molecule has 0 aliphatic carbocycles. The highest BCUT2D eigenvalue weighted by Crippen LogP contribution is 2.17. The van der Waals surface area contributed by atoms with Gasteiger partial charge in [0.05, 0.1) is 21.7 Å². The summed E-state index contributed by atoms with van der Waals surface area (Å²) in [6.07, 6.45) is 5.86. The molecule has 1 aliphatic rings. The number of benzene rings is 1. The van der Waals surface area contributed by atoms with Crippen LogP contribution in [-0.2, 0) is 10.0 Å². The van der Waals surface area contributed by atoms with Gasteiger partial charge in [-0.2, -0.15) is 5.10 Å². The maximum atomic E-state index is 12.5. The maximum Gasteiger partial charge on any atom is 0.257 e. The number of nitrogens with zero attached hydrogens (tertiary/aromatic N) is 5. The van der Waals surface area contributed by atoms with E-state index >= 15 is 0 Å². The molecule has 1 atom stereocenters. The van der Waals surface area contributed by atoms with Gasteiger partial charge in [-0.15, -0.1) is 0 Å². The average molecular weight is 477 g/mol. The number of likely N-dealkylation sites (N-methyl/N-ethyl adjacent to an activating group) is 1. The Morgan fingerprint density at radius 3 is 2.41 bits per heavy atom. The average Bonchev–Trinajstić information content (AvgIpc) is 3.45. The number of hydrogen-bond acceptors (Lipinski definition) is 6. The molecule has 3 aromatic rings. The van der Waals surface area contributed by atoms with Gasteiger partial charge < -0.3 is 9.80 Å². The number of rotatable bonds is 4. The quantitative estimate of drug-likeness (QED) is 0.616. The lowest BCUT2D eigenvalue weighted by Gasteiger charge is -2.19. The summed E-state index contributed by atoms with van der Waals surface area (Å²) in [5.74, 6) is 0.653. The fourth-order valence-electron chi connectivity index (χ4n) is 3.20. The van der Waals surface area contributed by atoms with Gasteiger partial charge in [0.2, 0.25) is 10.0 Å². The van der Waals surface area contributed by atoms with E-state index in [4.69, 9.17) is 16.7 Å². The molecule has 4 rings (SSSR count). The number of amides is 1. The number of sulfonamides is 1. The molecule has 1 amide bonds. The molecular formula is C21H25ClN6O3S. The highest BCUT2D eigenvalue weighted by atomic mass is 35.5. The lowest BCUT2D eigenvalue weighted by molar-refractivity contribution is 0.0783. The Morgan fingerprint density at radius 2 is 1.88 bits per heavy atom. The van der Waals surface area contributed by atoms with Crippen molar-refractivity contribution in [1.29, 1.82) is 0 Å². The highest BCUT2D eigenvalue weighted by Gasteiger charge is 2.28. The van der Waals surface area contributed by atoms with Gasteiger partial charge >= 0.3 is 0 Å². The molecule has 2 aromatic heterocycles. The van der Waals surface area contributed by atoms with Crippen LogP contribution in [0.15, 0.2) is 66.0 Å². The molecule has 1 fully saturated rings. The number of pyridine rings is 1. The first-order chi connectivity index (χ1) is 15.1. The number of hydrogen-bond donors (Lipinski definition) is 1. The van der Waals surface area contributed by atoms with Gasteiger partial charge in [0.15, 0.2) is 5.82 Å². The van der Waals surface area contributed by atoms with Gasteiger partial charge in [0, 0.05) is 31.5 Å². The molecule has 11 heteroatoms. The molecule has 0 spiro atoms. The molecule has 32 heavy (non-hydrogen) atoms. The monoisotopic (exact) mass is 476 g/mol. The Labute approximate surface area is 192 Å². The Bertz CT molecular complexity index is 1150. The standard InChI is InChI=1S/C15H18ClN5O.C6H7NO2S/c1-19(2)13-5-6-20(10-13)15(22)11-7-18-21(9-11)14-4-3-12(16)8-17-14;7-10(8,9)6-4-2-1-3-5-6/h3-4,7-9,13H,5-6,10H2,1-2H3;1-5H,(H2,7,8,9). The molecular weight excluding hydrogens is 452 g/mol. The number of carbonyl (C=O) groups excluding carboxylic acids is 1. The normalized spacial score (nSPS) is 16.0. The molecule has 1 aliphatic heterocycles. The number of aromatic nitrogens is 3. The summed E-state index contributed by atoms with van der Waals surface area (Å²) in [4.78, 5) is 20.9. The molecule has 1 saturated heterocycles. The van der Waals surface area contributed by atoms with Crippen LogP contribution >= 0.6 is 11.6 Å². The molecule has 170 valence electrons. The molecule has 9 nitrogen and oxygen atoms in total. The highest BCUT2D eigenvalue weighted by molar-refractivity contribution is 7.89. The van der Waals surface area contributed by atoms with Crippen molar-refractivity contribution in [3.05, 3.63) is 71.6 Å². The second-order valence-electron chi connectivity index (χ2n) is 7.52. The fraction of sp³-hybridized carbons (Fsp3) is 0.286. The summed E-state index contributed by atoms with van der Waals surface area (Å²) in [6, 6.07) is 11.8. The van der Waals surface area contributed by atoms with Crippen LogP contribution in [-0.4, -0.2) is 72.1 Å². The first kappa shape index (κ1) is 23.9. The number of halogens is 1. The zero-order valence-corrected chi connectivity index (χ0v) is 19.4. The van der Waals surface area contributed by atoms with Crippen molar-refractivity contribution in [2.24, 2.45) is 5.14 Å². The summed E-state index contributed by atoms with van der Waals surface area (Å²) in [5, 5.41) is 9.61. The predicted octanol–water partition coefficient (Wildman–Crippen LogP) is 2.03. The lowest BCUT2D eigenvalue weighted by Crippen LogP contribution is -2.34. The second-order valence-corrected chi connectivity index (χ2v) is 9.52. The van der Waals surface area contributed by atoms with Crippen molar-refractivity contribution in [1.82, 2.24) is 24.6 Å². The maximum absolute atomic E-state index is 12.5. The van der Waals surface area contributed by atoms with Gasteiger partial charge in [0.25, 0.3) is 5.91 Å². The van der Waals surface area contributed by atoms with Crippen LogP contribution in [0.25, 0.3) is 5.82 Å². The smallest absolute Gasteiger partial charge is 0.257 e. The third kappa shape index (κ3) is 6.13. The molecule has 0 bridgehead atoms. The van der Waals surface area contributed by atoms with E-state index in [2.05, 4.69) is 15.0 Å². The van der Waals surface area contributed by atoms with E-state index in [0.717, 1.165) is 19.5 Å². The minimum absolute atomic E-state index is 0.0181. The first-order valence-corrected chi connectivity index (χ1v) is 11.8. The minimum Gasteiger partial charge on any atom is -0.337 e. The van der Waals surface area contributed by atoms with Crippen molar-refractivity contribution in [2.75, 3.05) is 27.2 Å². The van der Waals surface area contributed by atoms with E-state index in [-0.39, 0.29) is 10.8 Å². The Balaban J connectivity index is 0.000000243. The summed E-state index contributed by atoms with van der Waals surface area (Å²) in [7, 11) is 0.586. The van der Waals surface area contributed by atoms with Crippen molar-refractivity contribution in [3.8, 4) is 5.82 Å². The van der Waals surface area contributed by atoms with Crippen molar-refractivity contribution in [2.45, 2.75) is 17.4 Å². The molecule has 3 heterocycles. The van der Waals surface area contributed by atoms with Gasteiger partial charge in [-0.05, 0) is 44.8 Å². The molecule has 0 radical (unpaired) electrons. The van der Waals surface area contributed by atoms with E-state index in [1.807, 2.05) is 19.0 Å². The summed E-state index contributed by atoms with van der Waals surface area (Å²) in [5.41, 5.74) is 0.580. The topological polar surface area (TPSA) is 114 Å². The van der Waals surface area contributed by atoms with E-state index in [1.165, 1.54) is 12.1 Å². The van der Waals surface area contributed by atoms with Crippen molar-refractivity contribution < 1.29 is 13.2 Å². The van der Waals surface area contributed by atoms with Crippen LogP contribution in [0, 0.1) is 0 Å². The van der Waals surface area contributed by atoms with Crippen LogP contribution in [0.2, 0.25) is 5.02 Å². The summed E-state index contributed by atoms with van der Waals surface area (Å²) in [6.45, 7) is 1.54. The summed E-state index contributed by atoms with van der Waals surface area (Å²) >= 11 is 5.82. The largest absolute Gasteiger partial charge is 0.337 e. The van der Waals surface area contributed by atoms with Gasteiger partial charge in [0.1, 0.15) is 0 Å². The number of nitrogens with two attached hydrogens (primary N) is 1. The Morgan fingerprint density at radius 1 is 1.16 bits per heavy atom. The van der Waals surface area contributed by atoms with Crippen molar-refractivity contribution >= 4 is 27.5 Å². The Hall–Kier alpha value is -2.79. The first-order valence-electron chi connectivity index (χ1n) is 9.85. The third-order valence-corrected chi connectivity index (χ3v) is 6.18. The van der Waals surface area contributed by atoms with Crippen LogP contribution in [0.5, 0.6) is 0 Å². The van der Waals surface area contributed by atoms with Gasteiger partial charge in [-0.3, -0.25) is 4.79 Å². The second kappa shape index (κ2) is 10.2. The van der Waals surface area contributed by atoms with Crippen LogP contribution < -0.4 is 5.14 Å². The fourth-order valence-corrected chi connectivity index (χ4v) is 3.85. The van der Waals surface area contributed by atoms with Crippen LogP contribution in [0.4, 0.5) is 0 Å².